The average molecular weight is 168 g/mol. The van der Waals surface area contributed by atoms with Gasteiger partial charge in [-0.3, -0.25) is 4.79 Å². The van der Waals surface area contributed by atoms with Crippen LogP contribution in [-0.2, 0) is 4.79 Å². The first kappa shape index (κ1) is 8.05. The number of hydrogen-bond donors (Lipinski definition) is 2. The smallest absolute Gasteiger partial charge is 0.220 e. The maximum atomic E-state index is 10.9. The lowest BCUT2D eigenvalue weighted by Gasteiger charge is -2.28. The van der Waals surface area contributed by atoms with Gasteiger partial charge in [-0.05, 0) is 38.1 Å². The van der Waals surface area contributed by atoms with E-state index in [0.717, 1.165) is 25.3 Å². The fraction of sp³-hybridized carbons (Fsp3) is 0.889. The lowest BCUT2D eigenvalue weighted by Crippen LogP contribution is -2.43. The second-order valence-corrected chi connectivity index (χ2v) is 4.02. The first-order chi connectivity index (χ1) is 5.77. The third kappa shape index (κ3) is 1.61. The molecule has 3 heteroatoms. The van der Waals surface area contributed by atoms with Crippen molar-refractivity contribution in [2.45, 2.75) is 31.7 Å². The second-order valence-electron chi connectivity index (χ2n) is 4.02. The summed E-state index contributed by atoms with van der Waals surface area (Å²) in [5, 5.41) is 3.46. The first-order valence-electron chi connectivity index (χ1n) is 4.80. The average Bonchev–Trinajstić information content (AvgIpc) is 2.87. The molecule has 0 spiro atoms. The zero-order valence-corrected chi connectivity index (χ0v) is 7.25. The maximum absolute atomic E-state index is 10.9. The molecule has 2 unspecified atom stereocenters. The summed E-state index contributed by atoms with van der Waals surface area (Å²) >= 11 is 0. The molecule has 3 nitrogen and oxygen atoms in total. The first-order valence-corrected chi connectivity index (χ1v) is 4.80. The largest absolute Gasteiger partial charge is 0.369 e. The van der Waals surface area contributed by atoms with Crippen molar-refractivity contribution in [3.8, 4) is 0 Å². The predicted molar refractivity (Wildman–Crippen MR) is 46.4 cm³/mol. The minimum absolute atomic E-state index is 0.109. The van der Waals surface area contributed by atoms with E-state index in [1.165, 1.54) is 12.8 Å². The summed E-state index contributed by atoms with van der Waals surface area (Å²) in [6.07, 6.45) is 4.57. The highest BCUT2D eigenvalue weighted by Crippen LogP contribution is 2.36. The van der Waals surface area contributed by atoms with Crippen LogP contribution in [0.4, 0.5) is 0 Å². The highest BCUT2D eigenvalue weighted by molar-refractivity contribution is 5.76. The monoisotopic (exact) mass is 168 g/mol. The normalized spacial score (nSPS) is 36.3. The van der Waals surface area contributed by atoms with Crippen LogP contribution >= 0.6 is 0 Å². The lowest BCUT2D eigenvalue weighted by molar-refractivity contribution is -0.122. The minimum atomic E-state index is -0.109. The molecule has 12 heavy (non-hydrogen) atoms. The van der Waals surface area contributed by atoms with E-state index in [4.69, 9.17) is 5.73 Å². The van der Waals surface area contributed by atoms with E-state index in [1.807, 2.05) is 0 Å². The minimum Gasteiger partial charge on any atom is -0.369 e. The van der Waals surface area contributed by atoms with Crippen molar-refractivity contribution in [3.05, 3.63) is 0 Å². The van der Waals surface area contributed by atoms with Crippen LogP contribution in [0.15, 0.2) is 0 Å². The Hall–Kier alpha value is -0.570. The van der Waals surface area contributed by atoms with Gasteiger partial charge in [0.1, 0.15) is 0 Å². The molecule has 0 aromatic carbocycles. The molecule has 1 amide bonds. The van der Waals surface area contributed by atoms with Gasteiger partial charge in [-0.1, -0.05) is 0 Å². The molecule has 2 fully saturated rings. The number of rotatable bonds is 2. The van der Waals surface area contributed by atoms with Crippen molar-refractivity contribution in [2.24, 2.45) is 17.6 Å². The van der Waals surface area contributed by atoms with Gasteiger partial charge in [0.15, 0.2) is 0 Å². The zero-order valence-electron chi connectivity index (χ0n) is 7.25. The van der Waals surface area contributed by atoms with Gasteiger partial charge >= 0.3 is 0 Å². The summed E-state index contributed by atoms with van der Waals surface area (Å²) in [6.45, 7) is 0.967. The Balaban J connectivity index is 1.89. The van der Waals surface area contributed by atoms with E-state index >= 15 is 0 Å². The Morgan fingerprint density at radius 2 is 2.08 bits per heavy atom. The molecule has 1 aliphatic carbocycles. The molecule has 0 bridgehead atoms. The second kappa shape index (κ2) is 3.05. The third-order valence-electron chi connectivity index (χ3n) is 3.03. The highest BCUT2D eigenvalue weighted by atomic mass is 16.1. The molecule has 0 aromatic rings. The van der Waals surface area contributed by atoms with Gasteiger partial charge in [0.25, 0.3) is 0 Å². The van der Waals surface area contributed by atoms with Crippen molar-refractivity contribution < 1.29 is 4.79 Å². The van der Waals surface area contributed by atoms with Gasteiger partial charge < -0.3 is 11.1 Å². The maximum Gasteiger partial charge on any atom is 0.220 e. The molecule has 1 aliphatic heterocycles. The Morgan fingerprint density at radius 1 is 1.33 bits per heavy atom. The number of nitrogens with one attached hydrogen (secondary N) is 1. The van der Waals surface area contributed by atoms with Gasteiger partial charge in [0.05, 0.1) is 0 Å². The quantitative estimate of drug-likeness (QED) is 0.621. The summed E-state index contributed by atoms with van der Waals surface area (Å²) in [6, 6.07) is 0.580. The van der Waals surface area contributed by atoms with Crippen molar-refractivity contribution in [3.63, 3.8) is 0 Å². The van der Waals surface area contributed by atoms with Gasteiger partial charge in [0, 0.05) is 12.0 Å². The van der Waals surface area contributed by atoms with Gasteiger partial charge in [-0.25, -0.2) is 0 Å². The molecular formula is C9H16N2O. The fourth-order valence-corrected chi connectivity index (χ4v) is 2.07. The van der Waals surface area contributed by atoms with Gasteiger partial charge in [-0.15, -0.1) is 0 Å². The van der Waals surface area contributed by atoms with Crippen molar-refractivity contribution >= 4 is 5.91 Å². The Morgan fingerprint density at radius 3 is 2.67 bits per heavy atom. The number of carbonyl (C=O) groups is 1. The molecule has 0 aromatic heterocycles. The molecule has 68 valence electrons. The van der Waals surface area contributed by atoms with E-state index in [9.17, 15) is 4.79 Å². The molecule has 2 atom stereocenters. The Labute approximate surface area is 72.7 Å². The van der Waals surface area contributed by atoms with Crippen LogP contribution in [0.3, 0.4) is 0 Å². The standard InChI is InChI=1S/C9H16N2O/c10-9(12)7-3-4-11-8(5-7)6-1-2-6/h6-8,11H,1-5H2,(H2,10,12). The highest BCUT2D eigenvalue weighted by Gasteiger charge is 2.35. The van der Waals surface area contributed by atoms with Crippen molar-refractivity contribution in [2.75, 3.05) is 6.54 Å². The van der Waals surface area contributed by atoms with E-state index in [1.54, 1.807) is 0 Å². The topological polar surface area (TPSA) is 55.1 Å². The van der Waals surface area contributed by atoms with Gasteiger partial charge in [0.2, 0.25) is 5.91 Å². The molecule has 1 heterocycles. The summed E-state index contributed by atoms with van der Waals surface area (Å²) in [5.74, 6) is 0.867. The molecule has 2 rings (SSSR count). The summed E-state index contributed by atoms with van der Waals surface area (Å²) in [7, 11) is 0. The van der Waals surface area contributed by atoms with Crippen LogP contribution < -0.4 is 11.1 Å². The predicted octanol–water partition coefficient (Wildman–Crippen LogP) is 0.250. The molecular weight excluding hydrogens is 152 g/mol. The van der Waals surface area contributed by atoms with Crippen LogP contribution in [-0.4, -0.2) is 18.5 Å². The number of primary amides is 1. The summed E-state index contributed by atoms with van der Waals surface area (Å²) < 4.78 is 0. The lowest BCUT2D eigenvalue weighted by atomic mass is 9.90. The van der Waals surface area contributed by atoms with E-state index in [2.05, 4.69) is 5.32 Å². The van der Waals surface area contributed by atoms with Crippen LogP contribution in [0.25, 0.3) is 0 Å². The zero-order chi connectivity index (χ0) is 8.55. The van der Waals surface area contributed by atoms with Crippen LogP contribution in [0.5, 0.6) is 0 Å². The molecule has 1 saturated heterocycles. The van der Waals surface area contributed by atoms with E-state index in [-0.39, 0.29) is 11.8 Å². The number of hydrogen-bond acceptors (Lipinski definition) is 2. The Bertz CT molecular complexity index is 189. The number of amides is 1. The van der Waals surface area contributed by atoms with Gasteiger partial charge in [-0.2, -0.15) is 0 Å². The van der Waals surface area contributed by atoms with E-state index in [0.29, 0.717) is 6.04 Å². The summed E-state index contributed by atoms with van der Waals surface area (Å²) in [5.41, 5.74) is 5.28. The van der Waals surface area contributed by atoms with E-state index < -0.39 is 0 Å². The van der Waals surface area contributed by atoms with Crippen molar-refractivity contribution in [1.82, 2.24) is 5.32 Å². The number of nitrogens with two attached hydrogens (primary N) is 1. The van der Waals surface area contributed by atoms with Crippen LogP contribution in [0, 0.1) is 11.8 Å². The molecule has 3 N–H and O–H groups in total. The SMILES string of the molecule is NC(=O)C1CCNC(C2CC2)C1. The molecule has 1 saturated carbocycles. The fourth-order valence-electron chi connectivity index (χ4n) is 2.07. The van der Waals surface area contributed by atoms with Crippen LogP contribution in [0.2, 0.25) is 0 Å². The Kier molecular flexibility index (Phi) is 2.05. The number of carbonyl (C=O) groups excluding carboxylic acids is 1. The summed E-state index contributed by atoms with van der Waals surface area (Å²) in [4.78, 5) is 10.9. The number of piperidine rings is 1. The van der Waals surface area contributed by atoms with Crippen molar-refractivity contribution in [1.29, 1.82) is 0 Å². The van der Waals surface area contributed by atoms with Crippen LogP contribution in [0.1, 0.15) is 25.7 Å². The third-order valence-corrected chi connectivity index (χ3v) is 3.03. The molecule has 0 radical (unpaired) electrons. The molecule has 2 aliphatic rings.